The fourth-order valence-electron chi connectivity index (χ4n) is 1.54. The quantitative estimate of drug-likeness (QED) is 0.728. The van der Waals surface area contributed by atoms with E-state index in [0.29, 0.717) is 0 Å². The van der Waals surface area contributed by atoms with Crippen LogP contribution in [0.25, 0.3) is 0 Å². The maximum absolute atomic E-state index is 5.93. The number of rotatable bonds is 3. The van der Waals surface area contributed by atoms with Gasteiger partial charge in [-0.05, 0) is 30.4 Å². The minimum absolute atomic E-state index is 0.237. The molecule has 0 saturated heterocycles. The second-order valence-corrected chi connectivity index (χ2v) is 3.14. The first-order valence-electron chi connectivity index (χ1n) is 5.57. The summed E-state index contributed by atoms with van der Waals surface area (Å²) in [6.07, 6.45) is 9.47. The van der Waals surface area contributed by atoms with Gasteiger partial charge in [0.1, 0.15) is 0 Å². The molecule has 0 heterocycles. The van der Waals surface area contributed by atoms with E-state index in [1.54, 1.807) is 0 Å². The molecule has 1 unspecified atom stereocenters. The van der Waals surface area contributed by atoms with Crippen LogP contribution in [0.2, 0.25) is 0 Å². The number of nitrogens with two attached hydrogens (primary N) is 1. The standard InChI is InChI=1S/C11H17N.C2H6/c1-3-5-6-10-9(4-2)7-8-11(10)12;1-2/h4-6,11H,2-3,7-8,12H2,1H3;1-2H3/b6-5-;. The molecule has 0 spiro atoms. The first-order valence-corrected chi connectivity index (χ1v) is 5.57. The van der Waals surface area contributed by atoms with E-state index in [4.69, 9.17) is 5.73 Å². The molecule has 1 nitrogen and oxygen atoms in total. The molecular weight excluding hydrogens is 170 g/mol. The Morgan fingerprint density at radius 1 is 1.50 bits per heavy atom. The maximum Gasteiger partial charge on any atom is 0.0300 e. The Morgan fingerprint density at radius 3 is 2.64 bits per heavy atom. The Morgan fingerprint density at radius 2 is 2.14 bits per heavy atom. The van der Waals surface area contributed by atoms with E-state index in [9.17, 15) is 0 Å². The van der Waals surface area contributed by atoms with Crippen LogP contribution in [0.3, 0.4) is 0 Å². The van der Waals surface area contributed by atoms with E-state index in [-0.39, 0.29) is 6.04 Å². The van der Waals surface area contributed by atoms with Gasteiger partial charge in [0, 0.05) is 6.04 Å². The SMILES string of the molecule is C=CC1=C(/C=C\CC)C(N)CC1.CC. The van der Waals surface area contributed by atoms with Crippen LogP contribution in [0.4, 0.5) is 0 Å². The summed E-state index contributed by atoms with van der Waals surface area (Å²) in [7, 11) is 0. The molecular formula is C13H23N. The van der Waals surface area contributed by atoms with Gasteiger partial charge in [0.25, 0.3) is 0 Å². The molecule has 80 valence electrons. The van der Waals surface area contributed by atoms with Gasteiger partial charge in [-0.2, -0.15) is 0 Å². The van der Waals surface area contributed by atoms with Crippen LogP contribution in [0, 0.1) is 0 Å². The van der Waals surface area contributed by atoms with E-state index < -0.39 is 0 Å². The minimum Gasteiger partial charge on any atom is -0.324 e. The largest absolute Gasteiger partial charge is 0.324 e. The third-order valence-electron chi connectivity index (χ3n) is 2.27. The van der Waals surface area contributed by atoms with Gasteiger partial charge in [0.15, 0.2) is 0 Å². The molecule has 1 rings (SSSR count). The lowest BCUT2D eigenvalue weighted by molar-refractivity contribution is 0.760. The molecule has 0 aliphatic heterocycles. The van der Waals surface area contributed by atoms with Crippen molar-refractivity contribution in [3.05, 3.63) is 36.0 Å². The van der Waals surface area contributed by atoms with Gasteiger partial charge in [0.2, 0.25) is 0 Å². The summed E-state index contributed by atoms with van der Waals surface area (Å²) in [4.78, 5) is 0. The summed E-state index contributed by atoms with van der Waals surface area (Å²) in [6, 6.07) is 0.237. The third kappa shape index (κ3) is 3.51. The highest BCUT2D eigenvalue weighted by Crippen LogP contribution is 2.26. The second kappa shape index (κ2) is 7.57. The Hall–Kier alpha value is -0.820. The molecule has 0 aromatic carbocycles. The van der Waals surface area contributed by atoms with Crippen molar-refractivity contribution in [3.63, 3.8) is 0 Å². The summed E-state index contributed by atoms with van der Waals surface area (Å²) in [5, 5.41) is 0. The van der Waals surface area contributed by atoms with Crippen molar-refractivity contribution in [3.8, 4) is 0 Å². The van der Waals surface area contributed by atoms with E-state index in [2.05, 4.69) is 25.7 Å². The van der Waals surface area contributed by atoms with E-state index in [1.807, 2.05) is 19.9 Å². The van der Waals surface area contributed by atoms with E-state index >= 15 is 0 Å². The number of allylic oxidation sites excluding steroid dienone is 3. The highest BCUT2D eigenvalue weighted by Gasteiger charge is 2.17. The fraction of sp³-hybridized carbons (Fsp3) is 0.538. The lowest BCUT2D eigenvalue weighted by Gasteiger charge is -2.03. The van der Waals surface area contributed by atoms with Crippen molar-refractivity contribution < 1.29 is 0 Å². The van der Waals surface area contributed by atoms with Gasteiger partial charge < -0.3 is 5.73 Å². The molecule has 0 saturated carbocycles. The number of hydrogen-bond donors (Lipinski definition) is 1. The van der Waals surface area contributed by atoms with Crippen molar-refractivity contribution in [1.82, 2.24) is 0 Å². The van der Waals surface area contributed by atoms with Crippen molar-refractivity contribution in [2.75, 3.05) is 0 Å². The monoisotopic (exact) mass is 193 g/mol. The van der Waals surface area contributed by atoms with Gasteiger partial charge >= 0.3 is 0 Å². The van der Waals surface area contributed by atoms with E-state index in [0.717, 1.165) is 19.3 Å². The van der Waals surface area contributed by atoms with Crippen LogP contribution in [-0.4, -0.2) is 6.04 Å². The summed E-state index contributed by atoms with van der Waals surface area (Å²) < 4.78 is 0. The van der Waals surface area contributed by atoms with Crippen molar-refractivity contribution in [2.45, 2.75) is 46.1 Å². The second-order valence-electron chi connectivity index (χ2n) is 3.14. The van der Waals surface area contributed by atoms with Gasteiger partial charge in [-0.3, -0.25) is 0 Å². The first kappa shape index (κ1) is 13.2. The summed E-state index contributed by atoms with van der Waals surface area (Å²) in [5.41, 5.74) is 8.54. The topological polar surface area (TPSA) is 26.0 Å². The zero-order valence-electron chi connectivity index (χ0n) is 9.72. The Kier molecular flexibility index (Phi) is 7.13. The Bertz CT molecular complexity index is 223. The van der Waals surface area contributed by atoms with Gasteiger partial charge in [-0.1, -0.05) is 45.6 Å². The molecule has 0 amide bonds. The lowest BCUT2D eigenvalue weighted by atomic mass is 10.1. The molecule has 1 atom stereocenters. The molecule has 1 heteroatoms. The lowest BCUT2D eigenvalue weighted by Crippen LogP contribution is -2.17. The van der Waals surface area contributed by atoms with Crippen LogP contribution in [0.15, 0.2) is 36.0 Å². The van der Waals surface area contributed by atoms with Crippen LogP contribution in [-0.2, 0) is 0 Å². The van der Waals surface area contributed by atoms with Crippen LogP contribution < -0.4 is 5.73 Å². The van der Waals surface area contributed by atoms with Crippen molar-refractivity contribution >= 4 is 0 Å². The molecule has 2 N–H and O–H groups in total. The van der Waals surface area contributed by atoms with E-state index in [1.165, 1.54) is 11.1 Å². The first-order chi connectivity index (χ1) is 6.79. The zero-order valence-corrected chi connectivity index (χ0v) is 9.72. The van der Waals surface area contributed by atoms with Crippen molar-refractivity contribution in [2.24, 2.45) is 5.73 Å². The average Bonchev–Trinajstić information content (AvgIpc) is 2.59. The zero-order chi connectivity index (χ0) is 11.0. The molecule has 1 aliphatic rings. The Labute approximate surface area is 88.4 Å². The smallest absolute Gasteiger partial charge is 0.0300 e. The normalized spacial score (nSPS) is 21.0. The van der Waals surface area contributed by atoms with Crippen LogP contribution in [0.1, 0.15) is 40.0 Å². The molecule has 14 heavy (non-hydrogen) atoms. The van der Waals surface area contributed by atoms with Gasteiger partial charge in [-0.15, -0.1) is 0 Å². The predicted octanol–water partition coefficient (Wildman–Crippen LogP) is 3.58. The van der Waals surface area contributed by atoms with Gasteiger partial charge in [0.05, 0.1) is 0 Å². The van der Waals surface area contributed by atoms with Gasteiger partial charge in [-0.25, -0.2) is 0 Å². The Balaban J connectivity index is 0.000000791. The molecule has 0 aromatic heterocycles. The molecule has 0 bridgehead atoms. The maximum atomic E-state index is 5.93. The molecule has 0 aromatic rings. The predicted molar refractivity (Wildman–Crippen MR) is 65.2 cm³/mol. The summed E-state index contributed by atoms with van der Waals surface area (Å²) in [5.74, 6) is 0. The summed E-state index contributed by atoms with van der Waals surface area (Å²) in [6.45, 7) is 9.92. The molecule has 1 aliphatic carbocycles. The highest BCUT2D eigenvalue weighted by molar-refractivity contribution is 5.39. The summed E-state index contributed by atoms with van der Waals surface area (Å²) >= 11 is 0. The van der Waals surface area contributed by atoms with Crippen molar-refractivity contribution in [1.29, 1.82) is 0 Å². The average molecular weight is 193 g/mol. The number of hydrogen-bond acceptors (Lipinski definition) is 1. The molecule has 0 radical (unpaired) electrons. The highest BCUT2D eigenvalue weighted by atomic mass is 14.6. The fourth-order valence-corrected chi connectivity index (χ4v) is 1.54. The third-order valence-corrected chi connectivity index (χ3v) is 2.27. The minimum atomic E-state index is 0.237. The van der Waals surface area contributed by atoms with Crippen LogP contribution in [0.5, 0.6) is 0 Å². The molecule has 0 fully saturated rings. The van der Waals surface area contributed by atoms with Crippen LogP contribution >= 0.6 is 0 Å².